The normalized spacial score (nSPS) is 15.7. The van der Waals surface area contributed by atoms with Crippen molar-refractivity contribution in [2.75, 3.05) is 26.3 Å². The molecule has 0 aliphatic carbocycles. The number of aryl methyl sites for hydroxylation is 1. The quantitative estimate of drug-likeness (QED) is 0.775. The predicted molar refractivity (Wildman–Crippen MR) is 71.0 cm³/mol. The molecule has 1 fully saturated rings. The molecule has 2 aromatic rings. The Kier molecular flexibility index (Phi) is 3.13. The zero-order valence-corrected chi connectivity index (χ0v) is 10.8. The molecule has 0 atom stereocenters. The maximum absolute atomic E-state index is 12.3. The molecule has 0 saturated carbocycles. The molecular formula is C14H15N3O2. The van der Waals surface area contributed by atoms with E-state index in [0.29, 0.717) is 32.0 Å². The van der Waals surface area contributed by atoms with Gasteiger partial charge in [0, 0.05) is 18.5 Å². The van der Waals surface area contributed by atoms with Crippen molar-refractivity contribution >= 4 is 16.8 Å². The number of fused-ring (bicyclic) bond motifs is 1. The lowest BCUT2D eigenvalue weighted by Crippen LogP contribution is -2.41. The summed E-state index contributed by atoms with van der Waals surface area (Å²) in [6, 6.07) is 7.73. The zero-order chi connectivity index (χ0) is 13.2. The van der Waals surface area contributed by atoms with E-state index >= 15 is 0 Å². The van der Waals surface area contributed by atoms with E-state index in [9.17, 15) is 4.79 Å². The second-order valence-electron chi connectivity index (χ2n) is 4.70. The second kappa shape index (κ2) is 4.93. The van der Waals surface area contributed by atoms with E-state index in [4.69, 9.17) is 4.74 Å². The van der Waals surface area contributed by atoms with Crippen LogP contribution in [0.3, 0.4) is 0 Å². The summed E-state index contributed by atoms with van der Waals surface area (Å²) >= 11 is 0. The number of hydrogen-bond donors (Lipinski definition) is 0. The lowest BCUT2D eigenvalue weighted by Gasteiger charge is -2.26. The lowest BCUT2D eigenvalue weighted by atomic mass is 10.1. The van der Waals surface area contributed by atoms with Gasteiger partial charge in [0.2, 0.25) is 0 Å². The van der Waals surface area contributed by atoms with Crippen LogP contribution in [0.1, 0.15) is 16.1 Å². The van der Waals surface area contributed by atoms with Gasteiger partial charge in [-0.05, 0) is 25.1 Å². The van der Waals surface area contributed by atoms with Crippen LogP contribution in [0.15, 0.2) is 24.3 Å². The molecule has 19 heavy (non-hydrogen) atoms. The largest absolute Gasteiger partial charge is 0.378 e. The summed E-state index contributed by atoms with van der Waals surface area (Å²) in [5.74, 6) is -0.0702. The smallest absolute Gasteiger partial charge is 0.274 e. The van der Waals surface area contributed by atoms with E-state index in [-0.39, 0.29) is 5.91 Å². The van der Waals surface area contributed by atoms with Crippen molar-refractivity contribution in [1.29, 1.82) is 0 Å². The van der Waals surface area contributed by atoms with Crippen molar-refractivity contribution in [3.63, 3.8) is 0 Å². The number of carbonyl (C=O) groups is 1. The Morgan fingerprint density at radius 2 is 2.00 bits per heavy atom. The van der Waals surface area contributed by atoms with Crippen molar-refractivity contribution in [3.05, 3.63) is 35.5 Å². The molecule has 2 heterocycles. The summed E-state index contributed by atoms with van der Waals surface area (Å²) in [6.45, 7) is 4.43. The van der Waals surface area contributed by atoms with Crippen molar-refractivity contribution < 1.29 is 9.53 Å². The van der Waals surface area contributed by atoms with Gasteiger partial charge in [-0.25, -0.2) is 0 Å². The van der Waals surface area contributed by atoms with Crippen molar-refractivity contribution in [3.8, 4) is 0 Å². The Bertz CT molecular complexity index is 621. The van der Waals surface area contributed by atoms with Crippen LogP contribution in [0.25, 0.3) is 10.9 Å². The van der Waals surface area contributed by atoms with Crippen LogP contribution >= 0.6 is 0 Å². The van der Waals surface area contributed by atoms with Gasteiger partial charge in [-0.15, -0.1) is 10.2 Å². The van der Waals surface area contributed by atoms with E-state index in [1.807, 2.05) is 31.2 Å². The van der Waals surface area contributed by atoms with Gasteiger partial charge in [-0.3, -0.25) is 4.79 Å². The molecule has 1 amide bonds. The summed E-state index contributed by atoms with van der Waals surface area (Å²) < 4.78 is 5.24. The Hall–Kier alpha value is -2.01. The fourth-order valence-electron chi connectivity index (χ4n) is 2.20. The molecule has 3 rings (SSSR count). The van der Waals surface area contributed by atoms with Crippen LogP contribution in [0.5, 0.6) is 0 Å². The second-order valence-corrected chi connectivity index (χ2v) is 4.70. The van der Waals surface area contributed by atoms with Gasteiger partial charge in [0.1, 0.15) is 0 Å². The minimum absolute atomic E-state index is 0.0702. The van der Waals surface area contributed by atoms with E-state index in [1.165, 1.54) is 0 Å². The third kappa shape index (κ3) is 2.42. The molecule has 0 unspecified atom stereocenters. The van der Waals surface area contributed by atoms with E-state index < -0.39 is 0 Å². The van der Waals surface area contributed by atoms with Gasteiger partial charge in [0.05, 0.1) is 18.7 Å². The number of hydrogen-bond acceptors (Lipinski definition) is 4. The number of rotatable bonds is 1. The monoisotopic (exact) mass is 257 g/mol. The number of ether oxygens (including phenoxy) is 1. The molecule has 1 aromatic heterocycles. The Balaban J connectivity index is 1.93. The van der Waals surface area contributed by atoms with Gasteiger partial charge < -0.3 is 9.64 Å². The molecule has 0 bridgehead atoms. The molecule has 98 valence electrons. The van der Waals surface area contributed by atoms with Crippen molar-refractivity contribution in [2.24, 2.45) is 0 Å². The Morgan fingerprint density at radius 3 is 2.79 bits per heavy atom. The highest BCUT2D eigenvalue weighted by molar-refractivity contribution is 5.95. The molecule has 5 heteroatoms. The number of aromatic nitrogens is 2. The van der Waals surface area contributed by atoms with Crippen LogP contribution in [-0.2, 0) is 4.74 Å². The van der Waals surface area contributed by atoms with Crippen LogP contribution in [0.4, 0.5) is 0 Å². The molecule has 1 aromatic carbocycles. The number of nitrogens with zero attached hydrogens (tertiary/aromatic N) is 3. The lowest BCUT2D eigenvalue weighted by molar-refractivity contribution is 0.0298. The number of amides is 1. The molecule has 1 saturated heterocycles. The van der Waals surface area contributed by atoms with E-state index in [1.54, 1.807) is 4.90 Å². The highest BCUT2D eigenvalue weighted by Gasteiger charge is 2.20. The van der Waals surface area contributed by atoms with E-state index in [2.05, 4.69) is 10.2 Å². The Morgan fingerprint density at radius 1 is 1.21 bits per heavy atom. The molecular weight excluding hydrogens is 242 g/mol. The third-order valence-corrected chi connectivity index (χ3v) is 3.26. The van der Waals surface area contributed by atoms with Gasteiger partial charge in [0.15, 0.2) is 5.69 Å². The first-order chi connectivity index (χ1) is 9.24. The van der Waals surface area contributed by atoms with Gasteiger partial charge in [-0.1, -0.05) is 11.6 Å². The topological polar surface area (TPSA) is 55.3 Å². The minimum atomic E-state index is -0.0702. The minimum Gasteiger partial charge on any atom is -0.378 e. The SMILES string of the molecule is Cc1ccc2nnc(C(=O)N3CCOCC3)cc2c1. The van der Waals surface area contributed by atoms with Crippen LogP contribution in [0.2, 0.25) is 0 Å². The number of benzene rings is 1. The molecule has 1 aliphatic heterocycles. The summed E-state index contributed by atoms with van der Waals surface area (Å²) in [4.78, 5) is 14.1. The molecule has 0 spiro atoms. The molecule has 0 radical (unpaired) electrons. The fourth-order valence-corrected chi connectivity index (χ4v) is 2.20. The summed E-state index contributed by atoms with van der Waals surface area (Å²) in [5.41, 5.74) is 2.36. The third-order valence-electron chi connectivity index (χ3n) is 3.26. The zero-order valence-electron chi connectivity index (χ0n) is 10.8. The first-order valence-corrected chi connectivity index (χ1v) is 6.35. The van der Waals surface area contributed by atoms with Crippen molar-refractivity contribution in [1.82, 2.24) is 15.1 Å². The molecule has 0 N–H and O–H groups in total. The number of morpholine rings is 1. The first-order valence-electron chi connectivity index (χ1n) is 6.35. The van der Waals surface area contributed by atoms with Crippen molar-refractivity contribution in [2.45, 2.75) is 6.92 Å². The molecule has 1 aliphatic rings. The molecule has 5 nitrogen and oxygen atoms in total. The summed E-state index contributed by atoms with van der Waals surface area (Å²) in [5, 5.41) is 9.09. The summed E-state index contributed by atoms with van der Waals surface area (Å²) in [6.07, 6.45) is 0. The summed E-state index contributed by atoms with van der Waals surface area (Å²) in [7, 11) is 0. The van der Waals surface area contributed by atoms with Gasteiger partial charge in [0.25, 0.3) is 5.91 Å². The average molecular weight is 257 g/mol. The van der Waals surface area contributed by atoms with Gasteiger partial charge >= 0.3 is 0 Å². The highest BCUT2D eigenvalue weighted by atomic mass is 16.5. The maximum atomic E-state index is 12.3. The first kappa shape index (κ1) is 12.0. The van der Waals surface area contributed by atoms with Crippen LogP contribution in [-0.4, -0.2) is 47.3 Å². The van der Waals surface area contributed by atoms with Crippen LogP contribution < -0.4 is 0 Å². The standard InChI is InChI=1S/C14H15N3O2/c1-10-2-3-12-11(8-10)9-13(16-15-12)14(18)17-4-6-19-7-5-17/h2-3,8-9H,4-7H2,1H3. The predicted octanol–water partition coefficient (Wildman–Crippen LogP) is 1.41. The highest BCUT2D eigenvalue weighted by Crippen LogP contribution is 2.15. The Labute approximate surface area is 111 Å². The fraction of sp³-hybridized carbons (Fsp3) is 0.357. The van der Waals surface area contributed by atoms with E-state index in [0.717, 1.165) is 16.5 Å². The maximum Gasteiger partial charge on any atom is 0.274 e. The van der Waals surface area contributed by atoms with Crippen LogP contribution in [0, 0.1) is 6.92 Å². The number of carbonyl (C=O) groups excluding carboxylic acids is 1. The van der Waals surface area contributed by atoms with Gasteiger partial charge in [-0.2, -0.15) is 0 Å². The average Bonchev–Trinajstić information content (AvgIpc) is 2.46.